The highest BCUT2D eigenvalue weighted by molar-refractivity contribution is 5.94. The van der Waals surface area contributed by atoms with Crippen LogP contribution >= 0.6 is 0 Å². The first kappa shape index (κ1) is 20.6. The Morgan fingerprint density at radius 3 is 2.58 bits per heavy atom. The standard InChI is InChI=1S/C22H21F2N5O2/c1-14(30)25-12-15-5-7-16(8-6-15)22(31)28-9-10-29-19(26-27-20(29)13-28)11-17-3-2-4-18(23)21(17)24/h2-8H,9-13H2,1H3,(H,25,30). The van der Waals surface area contributed by atoms with Gasteiger partial charge < -0.3 is 14.8 Å². The van der Waals surface area contributed by atoms with Crippen molar-refractivity contribution in [3.63, 3.8) is 0 Å². The molecule has 9 heteroatoms. The van der Waals surface area contributed by atoms with Gasteiger partial charge in [-0.1, -0.05) is 24.3 Å². The first-order valence-corrected chi connectivity index (χ1v) is 9.89. The molecule has 4 rings (SSSR count). The molecule has 1 aliphatic rings. The number of carbonyl (C=O) groups excluding carboxylic acids is 2. The summed E-state index contributed by atoms with van der Waals surface area (Å²) in [4.78, 5) is 25.6. The number of amides is 2. The fraction of sp³-hybridized carbons (Fsp3) is 0.273. The number of carbonyl (C=O) groups is 2. The molecule has 1 N–H and O–H groups in total. The number of benzene rings is 2. The van der Waals surface area contributed by atoms with Crippen LogP contribution in [0.5, 0.6) is 0 Å². The molecule has 1 aliphatic heterocycles. The van der Waals surface area contributed by atoms with Gasteiger partial charge in [0.15, 0.2) is 17.5 Å². The number of rotatable bonds is 5. The molecule has 2 heterocycles. The van der Waals surface area contributed by atoms with Crippen LogP contribution in [-0.2, 0) is 30.8 Å². The molecule has 0 aliphatic carbocycles. The molecular formula is C22H21F2N5O2. The summed E-state index contributed by atoms with van der Waals surface area (Å²) in [6.07, 6.45) is 0.125. The van der Waals surface area contributed by atoms with Gasteiger partial charge in [-0.3, -0.25) is 9.59 Å². The fourth-order valence-corrected chi connectivity index (χ4v) is 3.55. The van der Waals surface area contributed by atoms with Crippen LogP contribution < -0.4 is 5.32 Å². The van der Waals surface area contributed by atoms with E-state index < -0.39 is 11.6 Å². The molecule has 0 atom stereocenters. The lowest BCUT2D eigenvalue weighted by Gasteiger charge is -2.28. The summed E-state index contributed by atoms with van der Waals surface area (Å²) in [5, 5.41) is 11.0. The molecule has 0 saturated carbocycles. The Bertz CT molecular complexity index is 1130. The van der Waals surface area contributed by atoms with Gasteiger partial charge in [-0.2, -0.15) is 0 Å². The minimum atomic E-state index is -0.893. The molecule has 160 valence electrons. The van der Waals surface area contributed by atoms with Gasteiger partial charge in [0.1, 0.15) is 5.82 Å². The van der Waals surface area contributed by atoms with Crippen LogP contribution in [0.1, 0.15) is 40.1 Å². The second kappa shape index (κ2) is 8.63. The molecule has 1 aromatic heterocycles. The lowest BCUT2D eigenvalue weighted by atomic mass is 10.1. The monoisotopic (exact) mass is 425 g/mol. The van der Waals surface area contributed by atoms with Gasteiger partial charge in [0.2, 0.25) is 5.91 Å². The van der Waals surface area contributed by atoms with Gasteiger partial charge in [0.25, 0.3) is 5.91 Å². The molecule has 31 heavy (non-hydrogen) atoms. The second-order valence-corrected chi connectivity index (χ2v) is 7.41. The number of hydrogen-bond acceptors (Lipinski definition) is 4. The normalized spacial score (nSPS) is 13.1. The number of fused-ring (bicyclic) bond motifs is 1. The van der Waals surface area contributed by atoms with Crippen molar-refractivity contribution < 1.29 is 18.4 Å². The van der Waals surface area contributed by atoms with E-state index in [1.54, 1.807) is 29.2 Å². The van der Waals surface area contributed by atoms with E-state index in [1.807, 2.05) is 4.57 Å². The number of nitrogens with one attached hydrogen (secondary N) is 1. The number of halogens is 2. The molecule has 0 fully saturated rings. The number of hydrogen-bond donors (Lipinski definition) is 1. The predicted molar refractivity (Wildman–Crippen MR) is 108 cm³/mol. The van der Waals surface area contributed by atoms with Crippen LogP contribution in [0.25, 0.3) is 0 Å². The van der Waals surface area contributed by atoms with Crippen LogP contribution in [-0.4, -0.2) is 38.0 Å². The van der Waals surface area contributed by atoms with Crippen LogP contribution in [0.15, 0.2) is 42.5 Å². The Balaban J connectivity index is 1.44. The van der Waals surface area contributed by atoms with E-state index in [1.165, 1.54) is 19.1 Å². The summed E-state index contributed by atoms with van der Waals surface area (Å²) in [5.41, 5.74) is 1.66. The maximum Gasteiger partial charge on any atom is 0.254 e. The first-order valence-electron chi connectivity index (χ1n) is 9.89. The van der Waals surface area contributed by atoms with E-state index in [-0.39, 0.29) is 30.3 Å². The van der Waals surface area contributed by atoms with Gasteiger partial charge in [-0.25, -0.2) is 8.78 Å². The molecule has 2 amide bonds. The molecular weight excluding hydrogens is 404 g/mol. The summed E-state index contributed by atoms with van der Waals surface area (Å²) in [6, 6.07) is 11.1. The molecule has 0 radical (unpaired) electrons. The minimum Gasteiger partial charge on any atom is -0.352 e. The lowest BCUT2D eigenvalue weighted by Crippen LogP contribution is -2.38. The van der Waals surface area contributed by atoms with Crippen molar-refractivity contribution >= 4 is 11.8 Å². The van der Waals surface area contributed by atoms with E-state index in [0.717, 1.165) is 11.6 Å². The van der Waals surface area contributed by atoms with Crippen molar-refractivity contribution in [3.05, 3.63) is 82.4 Å². The van der Waals surface area contributed by atoms with E-state index in [2.05, 4.69) is 15.5 Å². The Labute approximate surface area is 177 Å². The third kappa shape index (κ3) is 4.45. The maximum absolute atomic E-state index is 14.0. The van der Waals surface area contributed by atoms with Crippen LogP contribution in [0, 0.1) is 11.6 Å². The molecule has 3 aromatic rings. The zero-order chi connectivity index (χ0) is 22.0. The fourth-order valence-electron chi connectivity index (χ4n) is 3.55. The second-order valence-electron chi connectivity index (χ2n) is 7.41. The van der Waals surface area contributed by atoms with Crippen LogP contribution in [0.4, 0.5) is 8.78 Å². The zero-order valence-electron chi connectivity index (χ0n) is 16.9. The lowest BCUT2D eigenvalue weighted by molar-refractivity contribution is -0.119. The maximum atomic E-state index is 14.0. The van der Waals surface area contributed by atoms with Crippen molar-refractivity contribution in [1.29, 1.82) is 0 Å². The average molecular weight is 425 g/mol. The van der Waals surface area contributed by atoms with E-state index in [4.69, 9.17) is 0 Å². The van der Waals surface area contributed by atoms with Crippen LogP contribution in [0.3, 0.4) is 0 Å². The van der Waals surface area contributed by atoms with Gasteiger partial charge in [0.05, 0.1) is 6.54 Å². The number of nitrogens with zero attached hydrogens (tertiary/aromatic N) is 4. The molecule has 0 saturated heterocycles. The summed E-state index contributed by atoms with van der Waals surface area (Å²) in [5.74, 6) is -0.872. The van der Waals surface area contributed by atoms with Crippen molar-refractivity contribution in [2.24, 2.45) is 0 Å². The molecule has 7 nitrogen and oxygen atoms in total. The Morgan fingerprint density at radius 1 is 1.06 bits per heavy atom. The van der Waals surface area contributed by atoms with Crippen molar-refractivity contribution in [2.45, 2.75) is 33.0 Å². The van der Waals surface area contributed by atoms with Gasteiger partial charge >= 0.3 is 0 Å². The summed E-state index contributed by atoms with van der Waals surface area (Å²) in [6.45, 7) is 3.07. The first-order chi connectivity index (χ1) is 14.9. The molecule has 0 unspecified atom stereocenters. The van der Waals surface area contributed by atoms with Crippen molar-refractivity contribution in [2.75, 3.05) is 6.54 Å². The molecule has 2 aromatic carbocycles. The topological polar surface area (TPSA) is 80.1 Å². The minimum absolute atomic E-state index is 0.114. The summed E-state index contributed by atoms with van der Waals surface area (Å²) in [7, 11) is 0. The Hall–Kier alpha value is -3.62. The number of aromatic nitrogens is 3. The van der Waals surface area contributed by atoms with Gasteiger partial charge in [-0.05, 0) is 29.3 Å². The average Bonchev–Trinajstić information content (AvgIpc) is 3.17. The smallest absolute Gasteiger partial charge is 0.254 e. The zero-order valence-corrected chi connectivity index (χ0v) is 16.9. The third-order valence-electron chi connectivity index (χ3n) is 5.24. The highest BCUT2D eigenvalue weighted by Gasteiger charge is 2.25. The molecule has 0 bridgehead atoms. The third-order valence-corrected chi connectivity index (χ3v) is 5.24. The van der Waals surface area contributed by atoms with E-state index >= 15 is 0 Å². The highest BCUT2D eigenvalue weighted by atomic mass is 19.2. The Morgan fingerprint density at radius 2 is 1.84 bits per heavy atom. The van der Waals surface area contributed by atoms with Gasteiger partial charge in [0, 0.05) is 38.5 Å². The predicted octanol–water partition coefficient (Wildman–Crippen LogP) is 2.44. The van der Waals surface area contributed by atoms with Crippen molar-refractivity contribution in [3.8, 4) is 0 Å². The van der Waals surface area contributed by atoms with Gasteiger partial charge in [-0.15, -0.1) is 10.2 Å². The quantitative estimate of drug-likeness (QED) is 0.681. The van der Waals surface area contributed by atoms with E-state index in [9.17, 15) is 18.4 Å². The Kier molecular flexibility index (Phi) is 5.75. The van der Waals surface area contributed by atoms with Crippen molar-refractivity contribution in [1.82, 2.24) is 25.0 Å². The summed E-state index contributed by atoms with van der Waals surface area (Å²) < 4.78 is 29.3. The van der Waals surface area contributed by atoms with E-state index in [0.29, 0.717) is 36.8 Å². The van der Waals surface area contributed by atoms with Crippen LogP contribution in [0.2, 0.25) is 0 Å². The molecule has 0 spiro atoms. The summed E-state index contributed by atoms with van der Waals surface area (Å²) >= 11 is 0. The largest absolute Gasteiger partial charge is 0.352 e. The SMILES string of the molecule is CC(=O)NCc1ccc(C(=O)N2CCn3c(Cc4cccc(F)c4F)nnc3C2)cc1. The highest BCUT2D eigenvalue weighted by Crippen LogP contribution is 2.20.